The molecule has 0 aromatic rings. The molecule has 2 rings (SSSR count). The van der Waals surface area contributed by atoms with Gasteiger partial charge in [0.05, 0.1) is 6.07 Å². The number of hydrogen-bond donors (Lipinski definition) is 1. The number of nitriles is 1. The van der Waals surface area contributed by atoms with E-state index in [-0.39, 0.29) is 0 Å². The number of fused-ring (bicyclic) bond motifs is 2. The van der Waals surface area contributed by atoms with Gasteiger partial charge in [-0.3, -0.25) is 4.90 Å². The molecule has 2 bridgehead atoms. The molecule has 0 saturated carbocycles. The molecule has 0 spiro atoms. The van der Waals surface area contributed by atoms with E-state index in [4.69, 9.17) is 11.0 Å². The van der Waals surface area contributed by atoms with E-state index >= 15 is 0 Å². The zero-order chi connectivity index (χ0) is 13.9. The summed E-state index contributed by atoms with van der Waals surface area (Å²) in [4.78, 5) is 5.20. The van der Waals surface area contributed by atoms with Crippen molar-refractivity contribution in [3.63, 3.8) is 0 Å². The molecule has 2 aliphatic rings. The highest BCUT2D eigenvalue weighted by Crippen LogP contribution is 2.28. The Morgan fingerprint density at radius 3 is 2.74 bits per heavy atom. The summed E-state index contributed by atoms with van der Waals surface area (Å²) >= 11 is 0. The lowest BCUT2D eigenvalue weighted by molar-refractivity contribution is 0.216. The van der Waals surface area contributed by atoms with Crippen molar-refractivity contribution in [3.8, 4) is 6.07 Å². The van der Waals surface area contributed by atoms with Crippen molar-refractivity contribution < 1.29 is 0 Å². The average Bonchev–Trinajstić information content (AvgIpc) is 2.61. The summed E-state index contributed by atoms with van der Waals surface area (Å²) in [5.74, 6) is 0. The lowest BCUT2D eigenvalue weighted by Crippen LogP contribution is -2.37. The second-order valence-electron chi connectivity index (χ2n) is 6.63. The Bertz CT molecular complexity index is 334. The highest BCUT2D eigenvalue weighted by Gasteiger charge is 2.34. The van der Waals surface area contributed by atoms with Crippen LogP contribution < -0.4 is 5.73 Å². The average molecular weight is 264 g/mol. The van der Waals surface area contributed by atoms with Crippen LogP contribution in [-0.2, 0) is 0 Å². The molecule has 4 nitrogen and oxygen atoms in total. The minimum absolute atomic E-state index is 0.641. The molecule has 2 aliphatic heterocycles. The molecule has 0 aliphatic carbocycles. The van der Waals surface area contributed by atoms with Crippen molar-refractivity contribution in [2.24, 2.45) is 5.73 Å². The smallest absolute Gasteiger partial charge is 0.101 e. The molecule has 4 heteroatoms. The van der Waals surface area contributed by atoms with E-state index in [1.807, 2.05) is 6.92 Å². The number of rotatable bonds is 5. The van der Waals surface area contributed by atoms with E-state index in [2.05, 4.69) is 22.9 Å². The Kier molecular flexibility index (Phi) is 4.83. The highest BCUT2D eigenvalue weighted by molar-refractivity contribution is 5.00. The molecule has 2 N–H and O–H groups in total. The molecular weight excluding hydrogens is 236 g/mol. The summed E-state index contributed by atoms with van der Waals surface area (Å²) in [7, 11) is 2.29. The molecule has 3 atom stereocenters. The molecule has 0 radical (unpaired) electrons. The number of nitrogens with two attached hydrogens (primary N) is 1. The van der Waals surface area contributed by atoms with Gasteiger partial charge >= 0.3 is 0 Å². The van der Waals surface area contributed by atoms with Gasteiger partial charge in [0.15, 0.2) is 0 Å². The molecule has 0 aromatic carbocycles. The molecule has 2 heterocycles. The molecular formula is C15H28N4. The minimum Gasteiger partial charge on any atom is -0.314 e. The van der Waals surface area contributed by atoms with Gasteiger partial charge in [0, 0.05) is 18.6 Å². The fourth-order valence-corrected chi connectivity index (χ4v) is 3.47. The van der Waals surface area contributed by atoms with Crippen LogP contribution >= 0.6 is 0 Å². The van der Waals surface area contributed by atoms with Crippen molar-refractivity contribution in [1.29, 1.82) is 5.26 Å². The van der Waals surface area contributed by atoms with E-state index in [9.17, 15) is 0 Å². The zero-order valence-electron chi connectivity index (χ0n) is 12.4. The normalized spacial score (nSPS) is 31.7. The number of hydrogen-bond acceptors (Lipinski definition) is 4. The molecule has 0 amide bonds. The second kappa shape index (κ2) is 6.21. The van der Waals surface area contributed by atoms with Gasteiger partial charge in [0.1, 0.15) is 5.54 Å². The first-order chi connectivity index (χ1) is 9.02. The number of nitrogens with zero attached hydrogens (tertiary/aromatic N) is 3. The van der Waals surface area contributed by atoms with Crippen molar-refractivity contribution in [2.45, 2.75) is 63.1 Å². The SMILES string of the molecule is CN1C2CCC1CN(CCCCC(C)(N)C#N)CC2. The summed E-state index contributed by atoms with van der Waals surface area (Å²) in [5.41, 5.74) is 5.21. The van der Waals surface area contributed by atoms with Gasteiger partial charge in [-0.1, -0.05) is 0 Å². The highest BCUT2D eigenvalue weighted by atomic mass is 15.3. The topological polar surface area (TPSA) is 56.3 Å². The zero-order valence-corrected chi connectivity index (χ0v) is 12.4. The Labute approximate surface area is 117 Å². The predicted molar refractivity (Wildman–Crippen MR) is 77.7 cm³/mol. The van der Waals surface area contributed by atoms with Crippen LogP contribution in [0.15, 0.2) is 0 Å². The van der Waals surface area contributed by atoms with Crippen molar-refractivity contribution >= 4 is 0 Å². The third kappa shape index (κ3) is 3.92. The Morgan fingerprint density at radius 1 is 1.26 bits per heavy atom. The van der Waals surface area contributed by atoms with Gasteiger partial charge < -0.3 is 10.6 Å². The van der Waals surface area contributed by atoms with Gasteiger partial charge in [-0.25, -0.2) is 0 Å². The first-order valence-corrected chi connectivity index (χ1v) is 7.66. The van der Waals surface area contributed by atoms with E-state index in [0.717, 1.165) is 31.3 Å². The third-order valence-corrected chi connectivity index (χ3v) is 4.91. The van der Waals surface area contributed by atoms with Gasteiger partial charge in [0.25, 0.3) is 0 Å². The van der Waals surface area contributed by atoms with Crippen LogP contribution in [0.5, 0.6) is 0 Å². The van der Waals surface area contributed by atoms with Crippen LogP contribution in [0.1, 0.15) is 45.4 Å². The number of unbranched alkanes of at least 4 members (excludes halogenated alkanes) is 1. The van der Waals surface area contributed by atoms with E-state index < -0.39 is 5.54 Å². The Morgan fingerprint density at radius 2 is 2.00 bits per heavy atom. The van der Waals surface area contributed by atoms with Crippen LogP contribution in [0, 0.1) is 11.3 Å². The van der Waals surface area contributed by atoms with Crippen molar-refractivity contribution in [2.75, 3.05) is 26.7 Å². The molecule has 19 heavy (non-hydrogen) atoms. The molecule has 0 aromatic heterocycles. The maximum atomic E-state index is 8.89. The lowest BCUT2D eigenvalue weighted by atomic mass is 9.98. The second-order valence-corrected chi connectivity index (χ2v) is 6.63. The molecule has 2 saturated heterocycles. The van der Waals surface area contributed by atoms with E-state index in [1.165, 1.54) is 38.9 Å². The van der Waals surface area contributed by atoms with Crippen LogP contribution in [0.3, 0.4) is 0 Å². The lowest BCUT2D eigenvalue weighted by Gasteiger charge is -2.26. The first kappa shape index (κ1) is 14.8. The minimum atomic E-state index is -0.641. The van der Waals surface area contributed by atoms with Crippen LogP contribution in [0.4, 0.5) is 0 Å². The Hall–Kier alpha value is -0.630. The molecule has 108 valence electrons. The van der Waals surface area contributed by atoms with Gasteiger partial charge in [-0.2, -0.15) is 5.26 Å². The standard InChI is InChI=1S/C15H28N4/c1-15(17,12-16)8-3-4-9-19-10-7-13-5-6-14(11-19)18(13)2/h13-14H,3-11,17H2,1-2H3. The molecule has 3 unspecified atom stereocenters. The monoisotopic (exact) mass is 264 g/mol. The van der Waals surface area contributed by atoms with E-state index in [1.54, 1.807) is 0 Å². The first-order valence-electron chi connectivity index (χ1n) is 7.66. The summed E-state index contributed by atoms with van der Waals surface area (Å²) in [6, 6.07) is 3.77. The maximum absolute atomic E-state index is 8.89. The van der Waals surface area contributed by atoms with Gasteiger partial charge in [-0.15, -0.1) is 0 Å². The summed E-state index contributed by atoms with van der Waals surface area (Å²) in [5, 5.41) is 8.89. The van der Waals surface area contributed by atoms with Crippen LogP contribution in [-0.4, -0.2) is 54.1 Å². The quantitative estimate of drug-likeness (QED) is 0.766. The summed E-state index contributed by atoms with van der Waals surface area (Å²) in [6.45, 7) is 5.46. The molecule has 2 fully saturated rings. The van der Waals surface area contributed by atoms with Crippen LogP contribution in [0.2, 0.25) is 0 Å². The van der Waals surface area contributed by atoms with E-state index in [0.29, 0.717) is 0 Å². The van der Waals surface area contributed by atoms with Crippen molar-refractivity contribution in [1.82, 2.24) is 9.80 Å². The third-order valence-electron chi connectivity index (χ3n) is 4.91. The number of likely N-dealkylation sites (tertiary alicyclic amines) is 1. The maximum Gasteiger partial charge on any atom is 0.101 e. The largest absolute Gasteiger partial charge is 0.314 e. The summed E-state index contributed by atoms with van der Waals surface area (Å²) < 4.78 is 0. The predicted octanol–water partition coefficient (Wildman–Crippen LogP) is 1.57. The summed E-state index contributed by atoms with van der Waals surface area (Å²) in [6.07, 6.45) is 7.11. The Balaban J connectivity index is 1.69. The van der Waals surface area contributed by atoms with Gasteiger partial charge in [-0.05, 0) is 65.6 Å². The van der Waals surface area contributed by atoms with Gasteiger partial charge in [0.2, 0.25) is 0 Å². The van der Waals surface area contributed by atoms with Crippen molar-refractivity contribution in [3.05, 3.63) is 0 Å². The van der Waals surface area contributed by atoms with Crippen LogP contribution in [0.25, 0.3) is 0 Å². The fourth-order valence-electron chi connectivity index (χ4n) is 3.47. The number of likely N-dealkylation sites (N-methyl/N-ethyl adjacent to an activating group) is 1. The fraction of sp³-hybridized carbons (Fsp3) is 0.933.